The summed E-state index contributed by atoms with van der Waals surface area (Å²) in [5.41, 5.74) is 4.30. The van der Waals surface area contributed by atoms with Gasteiger partial charge < -0.3 is 4.57 Å². The highest BCUT2D eigenvalue weighted by Gasteiger charge is 2.08. The number of amides is 1. The molecular weight excluding hydrogens is 364 g/mol. The quantitative estimate of drug-likeness (QED) is 0.445. The molecule has 3 aromatic rings. The van der Waals surface area contributed by atoms with Crippen LogP contribution in [0.1, 0.15) is 16.7 Å². The van der Waals surface area contributed by atoms with Crippen molar-refractivity contribution in [1.82, 2.24) is 4.57 Å². The highest BCUT2D eigenvalue weighted by Crippen LogP contribution is 2.22. The van der Waals surface area contributed by atoms with Crippen LogP contribution in [0.2, 0.25) is 5.02 Å². The lowest BCUT2D eigenvalue weighted by molar-refractivity contribution is -0.113. The molecule has 3 rings (SSSR count). The van der Waals surface area contributed by atoms with Crippen LogP contribution in [0.4, 0.5) is 0 Å². The number of halogens is 1. The second-order valence-corrected chi connectivity index (χ2v) is 7.41. The molecule has 1 heterocycles. The minimum absolute atomic E-state index is 0.317. The summed E-state index contributed by atoms with van der Waals surface area (Å²) in [5, 5.41) is 0.603. The van der Waals surface area contributed by atoms with Crippen LogP contribution < -0.4 is 4.80 Å². The Kier molecular flexibility index (Phi) is 5.55. The molecule has 1 amide bonds. The number of aryl methyl sites for hydroxylation is 2. The van der Waals surface area contributed by atoms with Crippen LogP contribution in [0.25, 0.3) is 16.3 Å². The van der Waals surface area contributed by atoms with Gasteiger partial charge in [0.2, 0.25) is 0 Å². The molecule has 0 spiro atoms. The van der Waals surface area contributed by atoms with Crippen molar-refractivity contribution in [1.29, 1.82) is 0 Å². The second kappa shape index (κ2) is 7.85. The van der Waals surface area contributed by atoms with Gasteiger partial charge in [-0.05, 0) is 54.8 Å². The van der Waals surface area contributed by atoms with Crippen LogP contribution in [0, 0.1) is 13.8 Å². The van der Waals surface area contributed by atoms with Gasteiger partial charge in [0.25, 0.3) is 5.91 Å². The first-order chi connectivity index (χ1) is 12.5. The number of nitrogens with zero attached hydrogens (tertiary/aromatic N) is 2. The molecule has 1 aromatic heterocycles. The van der Waals surface area contributed by atoms with Gasteiger partial charge >= 0.3 is 0 Å². The standard InChI is InChI=1S/C21H19ClN2OS/c1-4-11-24-18-12-14(2)15(3)13-19(18)26-21(24)23-20(25)10-9-16-7-5-6-8-17(16)22/h4-10,12-13H,1,11H2,2-3H3/b10-9+,23-21?. The van der Waals surface area contributed by atoms with E-state index in [0.717, 1.165) is 15.8 Å². The van der Waals surface area contributed by atoms with E-state index in [1.165, 1.54) is 28.5 Å². The Balaban J connectivity index is 2.03. The molecule has 0 aliphatic carbocycles. The van der Waals surface area contributed by atoms with Crippen molar-refractivity contribution in [3.8, 4) is 0 Å². The molecule has 0 saturated heterocycles. The Morgan fingerprint density at radius 2 is 2.00 bits per heavy atom. The molecule has 2 aromatic carbocycles. The molecule has 0 fully saturated rings. The molecule has 0 radical (unpaired) electrons. The molecular formula is C21H19ClN2OS. The van der Waals surface area contributed by atoms with E-state index in [2.05, 4.69) is 37.6 Å². The minimum Gasteiger partial charge on any atom is -0.312 e. The van der Waals surface area contributed by atoms with Crippen LogP contribution in [-0.4, -0.2) is 10.5 Å². The summed E-state index contributed by atoms with van der Waals surface area (Å²) in [6, 6.07) is 11.6. The Morgan fingerprint density at radius 3 is 2.73 bits per heavy atom. The van der Waals surface area contributed by atoms with Gasteiger partial charge in [0.05, 0.1) is 10.2 Å². The molecule has 0 saturated carbocycles. The highest BCUT2D eigenvalue weighted by molar-refractivity contribution is 7.16. The molecule has 0 bridgehead atoms. The van der Waals surface area contributed by atoms with Gasteiger partial charge in [-0.2, -0.15) is 4.99 Å². The van der Waals surface area contributed by atoms with Crippen molar-refractivity contribution in [3.63, 3.8) is 0 Å². The maximum Gasteiger partial charge on any atom is 0.272 e. The van der Waals surface area contributed by atoms with Crippen molar-refractivity contribution >= 4 is 45.1 Å². The summed E-state index contributed by atoms with van der Waals surface area (Å²) in [6.45, 7) is 8.58. The van der Waals surface area contributed by atoms with E-state index < -0.39 is 0 Å². The number of fused-ring (bicyclic) bond motifs is 1. The average Bonchev–Trinajstić information content (AvgIpc) is 2.91. The molecule has 0 aliphatic heterocycles. The Labute approximate surface area is 161 Å². The molecule has 0 unspecified atom stereocenters. The van der Waals surface area contributed by atoms with Crippen molar-refractivity contribution in [2.75, 3.05) is 0 Å². The van der Waals surface area contributed by atoms with Crippen LogP contribution in [0.15, 0.2) is 60.1 Å². The van der Waals surface area contributed by atoms with Crippen LogP contribution in [0.3, 0.4) is 0 Å². The van der Waals surface area contributed by atoms with E-state index in [1.54, 1.807) is 12.1 Å². The molecule has 5 heteroatoms. The van der Waals surface area contributed by atoms with E-state index in [9.17, 15) is 4.79 Å². The number of hydrogen-bond donors (Lipinski definition) is 0. The fourth-order valence-electron chi connectivity index (χ4n) is 2.62. The fourth-order valence-corrected chi connectivity index (χ4v) is 3.94. The maximum absolute atomic E-state index is 12.3. The van der Waals surface area contributed by atoms with Gasteiger partial charge in [-0.1, -0.05) is 47.2 Å². The fraction of sp³-hybridized carbons (Fsp3) is 0.143. The van der Waals surface area contributed by atoms with Gasteiger partial charge in [-0.3, -0.25) is 4.79 Å². The van der Waals surface area contributed by atoms with Crippen molar-refractivity contribution in [3.05, 3.63) is 81.6 Å². The van der Waals surface area contributed by atoms with E-state index in [0.29, 0.717) is 16.4 Å². The lowest BCUT2D eigenvalue weighted by atomic mass is 10.1. The highest BCUT2D eigenvalue weighted by atomic mass is 35.5. The number of thiazole rings is 1. The monoisotopic (exact) mass is 382 g/mol. The lowest BCUT2D eigenvalue weighted by Gasteiger charge is -2.03. The summed E-state index contributed by atoms with van der Waals surface area (Å²) in [6.07, 6.45) is 4.94. The number of allylic oxidation sites excluding steroid dienone is 1. The smallest absolute Gasteiger partial charge is 0.272 e. The number of rotatable bonds is 4. The number of carbonyl (C=O) groups is 1. The molecule has 0 N–H and O–H groups in total. The Bertz CT molecular complexity index is 1090. The third kappa shape index (κ3) is 3.87. The lowest BCUT2D eigenvalue weighted by Crippen LogP contribution is -2.15. The summed E-state index contributed by atoms with van der Waals surface area (Å²) >= 11 is 7.62. The van der Waals surface area contributed by atoms with Crippen LogP contribution >= 0.6 is 22.9 Å². The first-order valence-electron chi connectivity index (χ1n) is 8.22. The molecule has 132 valence electrons. The van der Waals surface area contributed by atoms with Crippen LogP contribution in [0.5, 0.6) is 0 Å². The third-order valence-electron chi connectivity index (χ3n) is 4.13. The van der Waals surface area contributed by atoms with Crippen molar-refractivity contribution in [2.45, 2.75) is 20.4 Å². The number of hydrogen-bond acceptors (Lipinski definition) is 2. The van der Waals surface area contributed by atoms with E-state index in [-0.39, 0.29) is 5.91 Å². The van der Waals surface area contributed by atoms with Gasteiger partial charge in [-0.25, -0.2) is 0 Å². The van der Waals surface area contributed by atoms with Gasteiger partial charge in [0.15, 0.2) is 4.80 Å². The number of benzene rings is 2. The second-order valence-electron chi connectivity index (χ2n) is 5.99. The molecule has 3 nitrogen and oxygen atoms in total. The number of aromatic nitrogens is 1. The predicted molar refractivity (Wildman–Crippen MR) is 111 cm³/mol. The van der Waals surface area contributed by atoms with Gasteiger partial charge in [0, 0.05) is 17.6 Å². The largest absolute Gasteiger partial charge is 0.312 e. The van der Waals surface area contributed by atoms with Gasteiger partial charge in [0.1, 0.15) is 0 Å². The molecule has 0 aliphatic rings. The molecule has 0 atom stereocenters. The summed E-state index contributed by atoms with van der Waals surface area (Å²) in [4.78, 5) is 17.3. The zero-order chi connectivity index (χ0) is 18.7. The first kappa shape index (κ1) is 18.4. The zero-order valence-corrected chi connectivity index (χ0v) is 16.3. The van der Waals surface area contributed by atoms with Crippen molar-refractivity contribution < 1.29 is 4.79 Å². The number of carbonyl (C=O) groups excluding carboxylic acids is 1. The van der Waals surface area contributed by atoms with E-state index >= 15 is 0 Å². The van der Waals surface area contributed by atoms with Gasteiger partial charge in [-0.15, -0.1) is 6.58 Å². The predicted octanol–water partition coefficient (Wildman–Crippen LogP) is 5.30. The summed E-state index contributed by atoms with van der Waals surface area (Å²) in [7, 11) is 0. The Hall–Kier alpha value is -2.43. The zero-order valence-electron chi connectivity index (χ0n) is 14.7. The third-order valence-corrected chi connectivity index (χ3v) is 5.51. The van der Waals surface area contributed by atoms with Crippen molar-refractivity contribution in [2.24, 2.45) is 4.99 Å². The van der Waals surface area contributed by atoms with E-state index in [4.69, 9.17) is 11.6 Å². The first-order valence-corrected chi connectivity index (χ1v) is 9.42. The topological polar surface area (TPSA) is 34.4 Å². The molecule has 26 heavy (non-hydrogen) atoms. The normalized spacial score (nSPS) is 12.2. The van der Waals surface area contributed by atoms with E-state index in [1.807, 2.05) is 28.8 Å². The SMILES string of the molecule is C=CCn1c(=NC(=O)/C=C/c2ccccc2Cl)sc2cc(C)c(C)cc21. The maximum atomic E-state index is 12.3. The summed E-state index contributed by atoms with van der Waals surface area (Å²) < 4.78 is 3.12. The average molecular weight is 383 g/mol. The minimum atomic E-state index is -0.317. The summed E-state index contributed by atoms with van der Waals surface area (Å²) in [5.74, 6) is -0.317. The Morgan fingerprint density at radius 1 is 1.27 bits per heavy atom. The van der Waals surface area contributed by atoms with Crippen LogP contribution in [-0.2, 0) is 11.3 Å².